The smallest absolute Gasteiger partial charge is 0.0640 e. The van der Waals surface area contributed by atoms with Crippen LogP contribution in [0.5, 0.6) is 0 Å². The van der Waals surface area contributed by atoms with Crippen LogP contribution in [0.2, 0.25) is 0 Å². The number of anilines is 6. The Hall–Kier alpha value is -8.28. The summed E-state index contributed by atoms with van der Waals surface area (Å²) in [6.07, 6.45) is 0. The van der Waals surface area contributed by atoms with Crippen LogP contribution in [-0.2, 0) is 0 Å². The van der Waals surface area contributed by atoms with Crippen LogP contribution in [0.15, 0.2) is 255 Å². The Kier molecular flexibility index (Phi) is 9.93. The van der Waals surface area contributed by atoms with E-state index in [1.54, 1.807) is 0 Å². The first-order valence-electron chi connectivity index (χ1n) is 23.1. The summed E-state index contributed by atoms with van der Waals surface area (Å²) in [4.78, 5) is 5.01. The minimum atomic E-state index is 1.09. The minimum Gasteiger partial charge on any atom is -0.308 e. The van der Waals surface area contributed by atoms with Crippen LogP contribution in [0.25, 0.3) is 84.5 Å². The molecule has 68 heavy (non-hydrogen) atoms. The highest BCUT2D eigenvalue weighted by atomic mass is 32.1. The van der Waals surface area contributed by atoms with Gasteiger partial charge in [0, 0.05) is 53.1 Å². The van der Waals surface area contributed by atoms with Crippen LogP contribution in [-0.4, -0.2) is 0 Å². The Morgan fingerprint density at radius 2 is 0.676 bits per heavy atom. The van der Waals surface area contributed by atoms with E-state index in [1.807, 2.05) is 22.7 Å². The van der Waals surface area contributed by atoms with Gasteiger partial charge >= 0.3 is 0 Å². The van der Waals surface area contributed by atoms with Gasteiger partial charge in [0.05, 0.1) is 37.8 Å². The van der Waals surface area contributed by atoms with E-state index in [4.69, 9.17) is 0 Å². The molecule has 0 saturated heterocycles. The fourth-order valence-corrected chi connectivity index (χ4v) is 12.7. The minimum absolute atomic E-state index is 1.09. The van der Waals surface area contributed by atoms with E-state index in [9.17, 15) is 0 Å². The van der Waals surface area contributed by atoms with Crippen molar-refractivity contribution in [3.63, 3.8) is 0 Å². The molecule has 11 aromatic carbocycles. The number of thiophene rings is 2. The van der Waals surface area contributed by atoms with Crippen molar-refractivity contribution in [2.75, 3.05) is 9.80 Å². The van der Waals surface area contributed by atoms with Gasteiger partial charge in [-0.1, -0.05) is 206 Å². The summed E-state index contributed by atoms with van der Waals surface area (Å²) in [7, 11) is 0. The van der Waals surface area contributed by atoms with Crippen molar-refractivity contribution in [3.8, 4) is 33.4 Å². The fourth-order valence-electron chi connectivity index (χ4n) is 10.2. The summed E-state index contributed by atoms with van der Waals surface area (Å²) < 4.78 is 5.08. The van der Waals surface area contributed by atoms with Crippen molar-refractivity contribution in [2.24, 2.45) is 0 Å². The molecule has 0 aliphatic rings. The van der Waals surface area contributed by atoms with Gasteiger partial charge in [0.25, 0.3) is 0 Å². The van der Waals surface area contributed by atoms with Crippen molar-refractivity contribution in [2.45, 2.75) is 0 Å². The number of hydrogen-bond donors (Lipinski definition) is 0. The second-order valence-electron chi connectivity index (χ2n) is 17.2. The lowest BCUT2D eigenvalue weighted by molar-refractivity contribution is 1.29. The number of hydrogen-bond acceptors (Lipinski definition) is 4. The maximum atomic E-state index is 2.52. The lowest BCUT2D eigenvalue weighted by Gasteiger charge is -2.32. The van der Waals surface area contributed by atoms with Crippen LogP contribution in [0, 0.1) is 0 Å². The van der Waals surface area contributed by atoms with Gasteiger partial charge in [-0.25, -0.2) is 0 Å². The summed E-state index contributed by atoms with van der Waals surface area (Å²) >= 11 is 3.76. The van der Waals surface area contributed by atoms with E-state index in [0.29, 0.717) is 0 Å². The lowest BCUT2D eigenvalue weighted by atomic mass is 9.97. The molecular formula is C64H42N2S2. The Bertz CT molecular complexity index is 3980. The van der Waals surface area contributed by atoms with Gasteiger partial charge in [0.15, 0.2) is 0 Å². The van der Waals surface area contributed by atoms with E-state index >= 15 is 0 Å². The highest BCUT2D eigenvalue weighted by Gasteiger charge is 2.26. The van der Waals surface area contributed by atoms with Gasteiger partial charge in [0.1, 0.15) is 0 Å². The quantitative estimate of drug-likeness (QED) is 0.142. The summed E-state index contributed by atoms with van der Waals surface area (Å²) in [5, 5.41) is 7.47. The van der Waals surface area contributed by atoms with Gasteiger partial charge in [-0.15, -0.1) is 22.7 Å². The zero-order valence-electron chi connectivity index (χ0n) is 37.0. The molecule has 0 aliphatic carbocycles. The van der Waals surface area contributed by atoms with Crippen LogP contribution >= 0.6 is 22.7 Å². The van der Waals surface area contributed by atoms with Crippen LogP contribution < -0.4 is 9.80 Å². The van der Waals surface area contributed by atoms with Gasteiger partial charge in [-0.3, -0.25) is 0 Å². The van der Waals surface area contributed by atoms with Gasteiger partial charge in [0.2, 0.25) is 0 Å². The van der Waals surface area contributed by atoms with E-state index < -0.39 is 0 Å². The molecule has 0 amide bonds. The first kappa shape index (κ1) is 40.0. The Morgan fingerprint density at radius 1 is 0.235 bits per heavy atom. The van der Waals surface area contributed by atoms with Crippen molar-refractivity contribution in [1.82, 2.24) is 0 Å². The van der Waals surface area contributed by atoms with Crippen LogP contribution in [0.1, 0.15) is 0 Å². The lowest BCUT2D eigenvalue weighted by Crippen LogP contribution is -2.14. The average Bonchev–Trinajstić information content (AvgIpc) is 4.00. The molecule has 0 radical (unpaired) electrons. The molecule has 13 aromatic rings. The molecule has 320 valence electrons. The third-order valence-electron chi connectivity index (χ3n) is 13.3. The topological polar surface area (TPSA) is 6.48 Å². The van der Waals surface area contributed by atoms with E-state index in [1.165, 1.54) is 73.4 Å². The third kappa shape index (κ3) is 6.76. The van der Waals surface area contributed by atoms with Crippen LogP contribution in [0.3, 0.4) is 0 Å². The predicted octanol–water partition coefficient (Wildman–Crippen LogP) is 19.5. The van der Waals surface area contributed by atoms with E-state index in [0.717, 1.165) is 45.3 Å². The number of benzene rings is 11. The molecule has 2 aromatic heterocycles. The molecule has 0 N–H and O–H groups in total. The number of para-hydroxylation sites is 2. The van der Waals surface area contributed by atoms with Crippen molar-refractivity contribution in [1.29, 1.82) is 0 Å². The maximum absolute atomic E-state index is 2.52. The molecule has 0 saturated carbocycles. The summed E-state index contributed by atoms with van der Waals surface area (Å²) in [5.41, 5.74) is 13.8. The summed E-state index contributed by atoms with van der Waals surface area (Å²) in [6.45, 7) is 0. The molecule has 0 spiro atoms. The first-order chi connectivity index (χ1) is 33.8. The second kappa shape index (κ2) is 16.9. The average molecular weight is 903 g/mol. The van der Waals surface area contributed by atoms with Gasteiger partial charge in [-0.2, -0.15) is 0 Å². The second-order valence-corrected chi connectivity index (χ2v) is 19.2. The van der Waals surface area contributed by atoms with Gasteiger partial charge < -0.3 is 9.80 Å². The highest BCUT2D eigenvalue weighted by Crippen LogP contribution is 2.53. The van der Waals surface area contributed by atoms with E-state index in [2.05, 4.69) is 265 Å². The Morgan fingerprint density at radius 3 is 1.41 bits per heavy atom. The molecule has 0 fully saturated rings. The molecule has 0 bridgehead atoms. The first-order valence-corrected chi connectivity index (χ1v) is 24.7. The number of fused-ring (bicyclic) bond motifs is 7. The largest absolute Gasteiger partial charge is 0.308 e. The Labute approximate surface area is 403 Å². The summed E-state index contributed by atoms with van der Waals surface area (Å²) in [6, 6.07) is 93.2. The molecular weight excluding hydrogens is 861 g/mol. The molecule has 0 aliphatic heterocycles. The predicted molar refractivity (Wildman–Crippen MR) is 295 cm³/mol. The third-order valence-corrected chi connectivity index (χ3v) is 15.8. The normalized spacial score (nSPS) is 11.5. The highest BCUT2D eigenvalue weighted by molar-refractivity contribution is 7.27. The van der Waals surface area contributed by atoms with Gasteiger partial charge in [-0.05, 0) is 76.2 Å². The van der Waals surface area contributed by atoms with Crippen LogP contribution in [0.4, 0.5) is 34.1 Å². The molecule has 2 heterocycles. The molecule has 0 unspecified atom stereocenters. The summed E-state index contributed by atoms with van der Waals surface area (Å²) in [5.74, 6) is 0. The SMILES string of the molecule is c1ccc(-c2ccc(N(c3ccccc3-c3ccccc3N(c3cccc4ccccc34)c3cccc4c3sc3ccccc34)c3cccc4c3sc3c(-c5ccccc5)cccc34)cc2)cc1. The molecule has 0 atom stereocenters. The van der Waals surface area contributed by atoms with Crippen molar-refractivity contribution in [3.05, 3.63) is 255 Å². The maximum Gasteiger partial charge on any atom is 0.0640 e. The van der Waals surface area contributed by atoms with E-state index in [-0.39, 0.29) is 0 Å². The molecule has 4 heteroatoms. The zero-order valence-corrected chi connectivity index (χ0v) is 38.6. The number of nitrogens with zero attached hydrogens (tertiary/aromatic N) is 2. The Balaban J connectivity index is 1.06. The fraction of sp³-hybridized carbons (Fsp3) is 0. The molecule has 13 rings (SSSR count). The standard InChI is InChI=1S/C64H42N2S2/c1-3-19-43(20-4-1)44-39-41-47(42-40-44)65(59-36-18-32-55-54-30-16-29-49(62(54)68-64(55)59)46-21-5-2-6-22-46)57-33-12-9-26-50(57)51-27-10-13-34-58(51)66(56-35-15-24-45-23-7-8-25-48(45)56)60-37-17-31-53-52-28-11-14-38-61(52)67-63(53)60/h1-42H. The number of rotatable bonds is 9. The van der Waals surface area contributed by atoms with Crippen molar-refractivity contribution < 1.29 is 0 Å². The molecule has 2 nitrogen and oxygen atoms in total. The zero-order chi connectivity index (χ0) is 45.0. The monoisotopic (exact) mass is 902 g/mol. The van der Waals surface area contributed by atoms with Crippen molar-refractivity contribution >= 4 is 108 Å².